The van der Waals surface area contributed by atoms with Gasteiger partial charge in [-0.25, -0.2) is 9.78 Å². The Bertz CT molecular complexity index is 1330. The quantitative estimate of drug-likeness (QED) is 0.216. The van der Waals surface area contributed by atoms with Crippen LogP contribution in [0.5, 0.6) is 0 Å². The highest BCUT2D eigenvalue weighted by molar-refractivity contribution is 7.20. The molecule has 43 heavy (non-hydrogen) atoms. The number of para-hydroxylation sites is 1. The van der Waals surface area contributed by atoms with Crippen LogP contribution in [0.25, 0.3) is 10.2 Å². The molecule has 3 heterocycles. The molecule has 2 aromatic rings. The van der Waals surface area contributed by atoms with E-state index in [9.17, 15) is 24.0 Å². The maximum absolute atomic E-state index is 13.7. The van der Waals surface area contributed by atoms with E-state index in [-0.39, 0.29) is 53.8 Å². The van der Waals surface area contributed by atoms with Gasteiger partial charge in [0.1, 0.15) is 6.10 Å². The van der Waals surface area contributed by atoms with Gasteiger partial charge in [-0.2, -0.15) is 0 Å². The second-order valence-electron chi connectivity index (χ2n) is 11.7. The summed E-state index contributed by atoms with van der Waals surface area (Å²) in [5.74, 6) is -2.90. The molecule has 1 aromatic heterocycles. The highest BCUT2D eigenvalue weighted by Crippen LogP contribution is 2.26. The number of nitrogens with zero attached hydrogens (tertiary/aromatic N) is 1. The molecule has 2 fully saturated rings. The fourth-order valence-corrected chi connectivity index (χ4v) is 6.35. The van der Waals surface area contributed by atoms with Crippen LogP contribution in [0.15, 0.2) is 36.4 Å². The lowest BCUT2D eigenvalue weighted by atomic mass is 9.88. The van der Waals surface area contributed by atoms with Crippen molar-refractivity contribution in [1.29, 1.82) is 0 Å². The summed E-state index contributed by atoms with van der Waals surface area (Å²) in [6.07, 6.45) is 0.215. The molecule has 5 atom stereocenters. The molecule has 3 amide bonds. The topological polar surface area (TPSA) is 153 Å². The molecule has 232 valence electrons. The first-order valence-corrected chi connectivity index (χ1v) is 15.5. The summed E-state index contributed by atoms with van der Waals surface area (Å²) in [5.41, 5.74) is 1.36. The molecule has 2 aliphatic heterocycles. The van der Waals surface area contributed by atoms with E-state index in [0.29, 0.717) is 43.7 Å². The minimum Gasteiger partial charge on any atom is -0.444 e. The molecule has 2 unspecified atom stereocenters. The Kier molecular flexibility index (Phi) is 11.0. The highest BCUT2D eigenvalue weighted by atomic mass is 32.1. The molecule has 0 radical (unpaired) electrons. The van der Waals surface area contributed by atoms with Crippen molar-refractivity contribution in [3.05, 3.63) is 41.4 Å². The molecule has 0 bridgehead atoms. The molecule has 0 aliphatic carbocycles. The fraction of sp³-hybridized carbons (Fsp3) is 0.548. The van der Waals surface area contributed by atoms with Crippen LogP contribution in [-0.4, -0.2) is 72.4 Å². The predicted molar refractivity (Wildman–Crippen MR) is 162 cm³/mol. The van der Waals surface area contributed by atoms with Gasteiger partial charge >= 0.3 is 6.09 Å². The zero-order chi connectivity index (χ0) is 31.1. The fourth-order valence-electron chi connectivity index (χ4n) is 5.39. The number of carbonyl (C=O) groups excluding carboxylic acids is 5. The van der Waals surface area contributed by atoms with E-state index in [0.717, 1.165) is 4.70 Å². The maximum atomic E-state index is 13.7. The first-order chi connectivity index (χ1) is 20.5. The van der Waals surface area contributed by atoms with Crippen LogP contribution in [0.4, 0.5) is 4.79 Å². The first-order valence-electron chi connectivity index (χ1n) is 14.7. The number of hydrogen-bond donors (Lipinski definition) is 3. The number of amides is 3. The van der Waals surface area contributed by atoms with Crippen LogP contribution in [-0.2, 0) is 23.9 Å². The number of ketones is 2. The lowest BCUT2D eigenvalue weighted by Crippen LogP contribution is -2.48. The monoisotopic (exact) mass is 612 g/mol. The van der Waals surface area contributed by atoms with Crippen LogP contribution in [0.2, 0.25) is 0 Å². The van der Waals surface area contributed by atoms with Crippen molar-refractivity contribution in [2.24, 2.45) is 17.8 Å². The Labute approximate surface area is 255 Å². The van der Waals surface area contributed by atoms with Gasteiger partial charge in [-0.05, 0) is 44.2 Å². The normalized spacial score (nSPS) is 20.3. The van der Waals surface area contributed by atoms with E-state index < -0.39 is 35.9 Å². The zero-order valence-corrected chi connectivity index (χ0v) is 25.7. The molecule has 0 spiro atoms. The number of fused-ring (bicyclic) bond motifs is 1. The van der Waals surface area contributed by atoms with Crippen molar-refractivity contribution >= 4 is 51.0 Å². The number of benzene rings is 1. The van der Waals surface area contributed by atoms with Crippen molar-refractivity contribution in [3.63, 3.8) is 0 Å². The minimum absolute atomic E-state index is 0.118. The Morgan fingerprint density at radius 3 is 2.56 bits per heavy atom. The molecule has 2 saturated heterocycles. The summed E-state index contributed by atoms with van der Waals surface area (Å²) >= 11 is 1.23. The number of hydrogen-bond acceptors (Lipinski definition) is 9. The average Bonchev–Trinajstić information content (AvgIpc) is 3.71. The van der Waals surface area contributed by atoms with Crippen molar-refractivity contribution in [2.75, 3.05) is 19.8 Å². The summed E-state index contributed by atoms with van der Waals surface area (Å²) in [4.78, 5) is 70.3. The van der Waals surface area contributed by atoms with Gasteiger partial charge in [0.2, 0.25) is 17.6 Å². The first kappa shape index (κ1) is 32.3. The van der Waals surface area contributed by atoms with Crippen LogP contribution in [0.3, 0.4) is 0 Å². The largest absolute Gasteiger partial charge is 0.444 e. The van der Waals surface area contributed by atoms with Crippen LogP contribution in [0.1, 0.15) is 62.7 Å². The summed E-state index contributed by atoms with van der Waals surface area (Å²) < 4.78 is 11.5. The van der Waals surface area contributed by atoms with Gasteiger partial charge in [-0.3, -0.25) is 19.2 Å². The van der Waals surface area contributed by atoms with Crippen LogP contribution in [0, 0.1) is 17.8 Å². The molecule has 11 nitrogen and oxygen atoms in total. The second-order valence-corrected chi connectivity index (χ2v) is 12.7. The van der Waals surface area contributed by atoms with Crippen LogP contribution >= 0.6 is 11.3 Å². The molecule has 4 rings (SSSR count). The van der Waals surface area contributed by atoms with Crippen molar-refractivity contribution in [3.8, 4) is 0 Å². The van der Waals surface area contributed by atoms with E-state index in [4.69, 9.17) is 9.47 Å². The molecule has 3 N–H and O–H groups in total. The number of Topliss-reactive ketones (excluding diaryl/α,β-unsaturated/α-hetero) is 2. The number of carbonyl (C=O) groups is 5. The number of thiazole rings is 1. The second kappa shape index (κ2) is 14.7. The molecular weight excluding hydrogens is 572 g/mol. The molecule has 1 aromatic carbocycles. The van der Waals surface area contributed by atoms with Gasteiger partial charge in [-0.15, -0.1) is 17.9 Å². The number of nitrogens with one attached hydrogen (secondary N) is 3. The standard InChI is InChI=1S/C31H40N4O7S/c1-17(2)13-20(15-24(36)26(18(3)4)35-31(40)42-21-10-12-41-16-21)29(39)33-23(14-19-9-11-32-28(19)38)27(37)30-34-22-7-5-6-8-25(22)43-30/h5-8,18-21,23,26H,1,9-16H2,2-4H3,(H,32,38)(H,33,39)(H,35,40)/t19?,20-,21?,23+,26+/m1/s1. The van der Waals surface area contributed by atoms with Gasteiger partial charge in [0.25, 0.3) is 0 Å². The Morgan fingerprint density at radius 1 is 1.16 bits per heavy atom. The van der Waals surface area contributed by atoms with E-state index in [1.165, 1.54) is 11.3 Å². The zero-order valence-electron chi connectivity index (χ0n) is 24.9. The van der Waals surface area contributed by atoms with Crippen LogP contribution < -0.4 is 16.0 Å². The van der Waals surface area contributed by atoms with Crippen molar-refractivity contribution in [2.45, 2.75) is 71.1 Å². The van der Waals surface area contributed by atoms with Gasteiger partial charge in [-0.1, -0.05) is 31.6 Å². The smallest absolute Gasteiger partial charge is 0.408 e. The highest BCUT2D eigenvalue weighted by Gasteiger charge is 2.36. The third-order valence-electron chi connectivity index (χ3n) is 7.68. The van der Waals surface area contributed by atoms with E-state index in [1.807, 2.05) is 24.3 Å². The lowest BCUT2D eigenvalue weighted by Gasteiger charge is -2.26. The predicted octanol–water partition coefficient (Wildman–Crippen LogP) is 3.57. The van der Waals surface area contributed by atoms with Gasteiger partial charge < -0.3 is 25.4 Å². The van der Waals surface area contributed by atoms with E-state index in [2.05, 4.69) is 27.5 Å². The van der Waals surface area contributed by atoms with E-state index >= 15 is 0 Å². The third-order valence-corrected chi connectivity index (χ3v) is 8.73. The Hall–Kier alpha value is -3.64. The number of ether oxygens (including phenoxy) is 2. The molecule has 2 aliphatic rings. The summed E-state index contributed by atoms with van der Waals surface area (Å²) in [5, 5.41) is 8.54. The average molecular weight is 613 g/mol. The van der Waals surface area contributed by atoms with Crippen molar-refractivity contribution < 1.29 is 33.4 Å². The Morgan fingerprint density at radius 2 is 1.93 bits per heavy atom. The van der Waals surface area contributed by atoms with Gasteiger partial charge in [0.05, 0.1) is 35.5 Å². The number of allylic oxidation sites excluding steroid dienone is 1. The van der Waals surface area contributed by atoms with Gasteiger partial charge in [0.15, 0.2) is 10.8 Å². The van der Waals surface area contributed by atoms with Crippen molar-refractivity contribution in [1.82, 2.24) is 20.9 Å². The minimum atomic E-state index is -1.01. The number of alkyl carbamates (subject to hydrolysis) is 1. The van der Waals surface area contributed by atoms with E-state index in [1.54, 1.807) is 20.8 Å². The molecular formula is C31H40N4O7S. The summed E-state index contributed by atoms with van der Waals surface area (Å²) in [6.45, 7) is 10.6. The SMILES string of the molecule is C=C(C)C[C@H](CC(=O)[C@@H](NC(=O)OC1CCOC1)C(C)C)C(=O)N[C@@H](CC1CCNC1=O)C(=O)c1nc2ccccc2s1. The van der Waals surface area contributed by atoms with Gasteiger partial charge in [0, 0.05) is 31.2 Å². The Balaban J connectivity index is 1.50. The summed E-state index contributed by atoms with van der Waals surface area (Å²) in [7, 11) is 0. The number of rotatable bonds is 14. The lowest BCUT2D eigenvalue weighted by molar-refractivity contribution is -0.131. The third kappa shape index (κ3) is 8.70. The molecule has 12 heteroatoms. The summed E-state index contributed by atoms with van der Waals surface area (Å²) in [6, 6.07) is 5.49. The maximum Gasteiger partial charge on any atom is 0.408 e. The number of aromatic nitrogens is 1. The molecule has 0 saturated carbocycles.